The highest BCUT2D eigenvalue weighted by Gasteiger charge is 2.36. The van der Waals surface area contributed by atoms with Crippen molar-refractivity contribution in [3.8, 4) is 0 Å². The minimum atomic E-state index is -0.530. The fourth-order valence-electron chi connectivity index (χ4n) is 4.56. The summed E-state index contributed by atoms with van der Waals surface area (Å²) in [5.41, 5.74) is 0. The van der Waals surface area contributed by atoms with Gasteiger partial charge in [0.15, 0.2) is 0 Å². The van der Waals surface area contributed by atoms with E-state index in [0.717, 1.165) is 64.7 Å². The van der Waals surface area contributed by atoms with Crippen LogP contribution in [0.2, 0.25) is 0 Å². The van der Waals surface area contributed by atoms with Crippen molar-refractivity contribution in [2.24, 2.45) is 5.92 Å². The second-order valence-corrected chi connectivity index (χ2v) is 7.99. The van der Waals surface area contributed by atoms with E-state index in [4.69, 9.17) is 0 Å². The lowest BCUT2D eigenvalue weighted by Gasteiger charge is -2.37. The summed E-state index contributed by atoms with van der Waals surface area (Å²) in [6.45, 7) is 3.96. The third-order valence-corrected chi connectivity index (χ3v) is 6.18. The molecule has 1 heterocycles. The SMILES string of the molecule is COC(=O)CCC1CC(NC(=O)C(=O)N[C@@H]2CCC[C@@H]2N2CCNCC2)C1. The van der Waals surface area contributed by atoms with Crippen molar-refractivity contribution in [1.82, 2.24) is 20.9 Å². The van der Waals surface area contributed by atoms with Crippen molar-refractivity contribution in [3.05, 3.63) is 0 Å². The first-order chi connectivity index (χ1) is 13.1. The first-order valence-electron chi connectivity index (χ1n) is 10.2. The Morgan fingerprint density at radius 2 is 1.78 bits per heavy atom. The quantitative estimate of drug-likeness (QED) is 0.435. The molecule has 2 aliphatic carbocycles. The normalized spacial score (nSPS) is 31.0. The fraction of sp³-hybridized carbons (Fsp3) is 0.842. The zero-order chi connectivity index (χ0) is 19.2. The standard InChI is InChI=1S/C19H32N4O4/c1-27-17(24)6-5-13-11-14(12-13)21-18(25)19(26)22-15-3-2-4-16(15)23-9-7-20-8-10-23/h13-16,20H,2-12H2,1H3,(H,21,25)(H,22,26)/t13?,14?,15-,16+/m1/s1. The Labute approximate surface area is 160 Å². The van der Waals surface area contributed by atoms with Crippen LogP contribution in [-0.4, -0.2) is 74.1 Å². The molecular formula is C19H32N4O4. The highest BCUT2D eigenvalue weighted by molar-refractivity contribution is 6.35. The average molecular weight is 380 g/mol. The molecule has 2 amide bonds. The molecule has 8 nitrogen and oxygen atoms in total. The van der Waals surface area contributed by atoms with E-state index in [0.29, 0.717) is 18.4 Å². The van der Waals surface area contributed by atoms with Gasteiger partial charge in [-0.05, 0) is 44.4 Å². The van der Waals surface area contributed by atoms with Gasteiger partial charge in [-0.3, -0.25) is 19.3 Å². The molecule has 2 saturated carbocycles. The molecule has 0 aromatic rings. The van der Waals surface area contributed by atoms with Gasteiger partial charge in [0.25, 0.3) is 0 Å². The monoisotopic (exact) mass is 380 g/mol. The number of methoxy groups -OCH3 is 1. The number of nitrogens with zero attached hydrogens (tertiary/aromatic N) is 1. The molecule has 0 unspecified atom stereocenters. The molecule has 3 aliphatic rings. The maximum absolute atomic E-state index is 12.3. The van der Waals surface area contributed by atoms with Gasteiger partial charge < -0.3 is 20.7 Å². The highest BCUT2D eigenvalue weighted by atomic mass is 16.5. The first-order valence-corrected chi connectivity index (χ1v) is 10.2. The summed E-state index contributed by atoms with van der Waals surface area (Å²) in [5.74, 6) is -0.820. The van der Waals surface area contributed by atoms with Crippen LogP contribution in [0.4, 0.5) is 0 Å². The van der Waals surface area contributed by atoms with Gasteiger partial charge in [0, 0.05) is 50.7 Å². The first kappa shape index (κ1) is 20.1. The smallest absolute Gasteiger partial charge is 0.309 e. The third kappa shape index (κ3) is 5.42. The summed E-state index contributed by atoms with van der Waals surface area (Å²) in [6.07, 6.45) is 5.94. The minimum absolute atomic E-state index is 0.0402. The fourth-order valence-corrected chi connectivity index (χ4v) is 4.56. The number of carbonyl (C=O) groups excluding carboxylic acids is 3. The molecule has 152 valence electrons. The van der Waals surface area contributed by atoms with Crippen molar-refractivity contribution in [2.45, 2.75) is 63.1 Å². The number of esters is 1. The minimum Gasteiger partial charge on any atom is -0.469 e. The van der Waals surface area contributed by atoms with Crippen LogP contribution in [0.5, 0.6) is 0 Å². The predicted molar refractivity (Wildman–Crippen MR) is 99.9 cm³/mol. The van der Waals surface area contributed by atoms with Crippen molar-refractivity contribution in [1.29, 1.82) is 0 Å². The molecule has 2 atom stereocenters. The molecule has 3 N–H and O–H groups in total. The molecule has 3 rings (SSSR count). The summed E-state index contributed by atoms with van der Waals surface area (Å²) >= 11 is 0. The number of piperazine rings is 1. The molecule has 27 heavy (non-hydrogen) atoms. The lowest BCUT2D eigenvalue weighted by atomic mass is 9.77. The van der Waals surface area contributed by atoms with E-state index in [2.05, 4.69) is 25.6 Å². The molecule has 1 saturated heterocycles. The molecule has 0 spiro atoms. The van der Waals surface area contributed by atoms with Gasteiger partial charge in [0.05, 0.1) is 7.11 Å². The van der Waals surface area contributed by atoms with Crippen LogP contribution in [0.25, 0.3) is 0 Å². The number of ether oxygens (including phenoxy) is 1. The van der Waals surface area contributed by atoms with E-state index in [-0.39, 0.29) is 18.1 Å². The van der Waals surface area contributed by atoms with E-state index >= 15 is 0 Å². The lowest BCUT2D eigenvalue weighted by molar-refractivity contribution is -0.141. The summed E-state index contributed by atoms with van der Waals surface area (Å²) in [7, 11) is 1.39. The summed E-state index contributed by atoms with van der Waals surface area (Å²) in [5, 5.41) is 9.14. The highest BCUT2D eigenvalue weighted by Crippen LogP contribution is 2.31. The van der Waals surface area contributed by atoms with E-state index in [9.17, 15) is 14.4 Å². The maximum atomic E-state index is 12.3. The Morgan fingerprint density at radius 1 is 1.07 bits per heavy atom. The summed E-state index contributed by atoms with van der Waals surface area (Å²) in [6, 6.07) is 0.448. The zero-order valence-corrected chi connectivity index (χ0v) is 16.2. The molecule has 3 fully saturated rings. The van der Waals surface area contributed by atoms with Crippen molar-refractivity contribution >= 4 is 17.8 Å². The molecule has 0 aromatic heterocycles. The molecule has 1 aliphatic heterocycles. The Kier molecular flexibility index (Phi) is 7.07. The summed E-state index contributed by atoms with van der Waals surface area (Å²) in [4.78, 5) is 38.1. The van der Waals surface area contributed by atoms with Crippen LogP contribution >= 0.6 is 0 Å². The number of carbonyl (C=O) groups is 3. The van der Waals surface area contributed by atoms with Crippen LogP contribution in [0.3, 0.4) is 0 Å². The summed E-state index contributed by atoms with van der Waals surface area (Å²) < 4.78 is 4.64. The van der Waals surface area contributed by atoms with Gasteiger partial charge in [-0.25, -0.2) is 0 Å². The van der Waals surface area contributed by atoms with Crippen LogP contribution in [0.15, 0.2) is 0 Å². The lowest BCUT2D eigenvalue weighted by Crippen LogP contribution is -2.57. The van der Waals surface area contributed by atoms with E-state index < -0.39 is 11.8 Å². The predicted octanol–water partition coefficient (Wildman–Crippen LogP) is -0.223. The Balaban J connectivity index is 1.37. The van der Waals surface area contributed by atoms with Crippen LogP contribution in [0, 0.1) is 5.92 Å². The number of nitrogens with one attached hydrogen (secondary N) is 3. The zero-order valence-electron chi connectivity index (χ0n) is 16.2. The molecular weight excluding hydrogens is 348 g/mol. The second-order valence-electron chi connectivity index (χ2n) is 7.99. The number of amides is 2. The van der Waals surface area contributed by atoms with Gasteiger partial charge in [-0.1, -0.05) is 0 Å². The van der Waals surface area contributed by atoms with Crippen molar-refractivity contribution < 1.29 is 19.1 Å². The van der Waals surface area contributed by atoms with E-state index in [1.54, 1.807) is 0 Å². The van der Waals surface area contributed by atoms with Gasteiger partial charge >= 0.3 is 17.8 Å². The maximum Gasteiger partial charge on any atom is 0.309 e. The number of hydrogen-bond donors (Lipinski definition) is 3. The second kappa shape index (κ2) is 9.50. The van der Waals surface area contributed by atoms with Gasteiger partial charge in [-0.2, -0.15) is 0 Å². The average Bonchev–Trinajstić information content (AvgIpc) is 3.11. The van der Waals surface area contributed by atoms with Gasteiger partial charge in [0.1, 0.15) is 0 Å². The Hall–Kier alpha value is -1.67. The molecule has 8 heteroatoms. The van der Waals surface area contributed by atoms with Gasteiger partial charge in [0.2, 0.25) is 0 Å². The molecule has 0 bridgehead atoms. The number of hydrogen-bond acceptors (Lipinski definition) is 6. The molecule has 0 radical (unpaired) electrons. The van der Waals surface area contributed by atoms with E-state index in [1.165, 1.54) is 7.11 Å². The largest absolute Gasteiger partial charge is 0.469 e. The van der Waals surface area contributed by atoms with Gasteiger partial charge in [-0.15, -0.1) is 0 Å². The topological polar surface area (TPSA) is 99.8 Å². The number of rotatable bonds is 6. The molecule has 0 aromatic carbocycles. The van der Waals surface area contributed by atoms with Crippen LogP contribution < -0.4 is 16.0 Å². The Bertz CT molecular complexity index is 544. The third-order valence-electron chi connectivity index (χ3n) is 6.18. The van der Waals surface area contributed by atoms with Crippen LogP contribution in [0.1, 0.15) is 44.9 Å². The Morgan fingerprint density at radius 3 is 2.48 bits per heavy atom. The van der Waals surface area contributed by atoms with Crippen LogP contribution in [-0.2, 0) is 19.1 Å². The van der Waals surface area contributed by atoms with Crippen molar-refractivity contribution in [3.63, 3.8) is 0 Å². The van der Waals surface area contributed by atoms with E-state index in [1.807, 2.05) is 0 Å². The van der Waals surface area contributed by atoms with Crippen molar-refractivity contribution in [2.75, 3.05) is 33.3 Å².